The minimum atomic E-state index is 0.0657. The first-order chi connectivity index (χ1) is 6.25. The van der Waals surface area contributed by atoms with Crippen molar-refractivity contribution in [1.82, 2.24) is 4.98 Å². The number of anilines is 1. The lowest BCUT2D eigenvalue weighted by atomic mass is 10.1. The van der Waals surface area contributed by atoms with E-state index in [1.165, 1.54) is 12.8 Å². The van der Waals surface area contributed by atoms with Gasteiger partial charge in [-0.15, -0.1) is 0 Å². The van der Waals surface area contributed by atoms with E-state index in [2.05, 4.69) is 4.98 Å². The van der Waals surface area contributed by atoms with Gasteiger partial charge >= 0.3 is 0 Å². The molecule has 70 valence electrons. The van der Waals surface area contributed by atoms with Gasteiger partial charge in [-0.1, -0.05) is 12.8 Å². The van der Waals surface area contributed by atoms with Gasteiger partial charge in [-0.2, -0.15) is 0 Å². The summed E-state index contributed by atoms with van der Waals surface area (Å²) in [5.74, 6) is 0.832. The molecule has 0 spiro atoms. The van der Waals surface area contributed by atoms with E-state index in [9.17, 15) is 0 Å². The van der Waals surface area contributed by atoms with E-state index in [-0.39, 0.29) is 6.04 Å². The van der Waals surface area contributed by atoms with Crippen LogP contribution in [0.5, 0.6) is 0 Å². The van der Waals surface area contributed by atoms with E-state index in [4.69, 9.17) is 11.5 Å². The predicted octanol–water partition coefficient (Wildman–Crippen LogP) is 1.46. The molecule has 3 heteroatoms. The lowest BCUT2D eigenvalue weighted by Gasteiger charge is -2.10. The summed E-state index contributed by atoms with van der Waals surface area (Å²) in [6, 6.07) is 3.72. The maximum absolute atomic E-state index is 5.99. The molecule has 1 fully saturated rings. The largest absolute Gasteiger partial charge is 0.399 e. The fourth-order valence-corrected chi connectivity index (χ4v) is 1.50. The second kappa shape index (κ2) is 3.34. The van der Waals surface area contributed by atoms with Crippen LogP contribution >= 0.6 is 0 Å². The number of nitrogen functional groups attached to an aromatic ring is 1. The molecule has 3 nitrogen and oxygen atoms in total. The first kappa shape index (κ1) is 8.51. The number of aromatic nitrogens is 1. The van der Waals surface area contributed by atoms with Gasteiger partial charge in [0.25, 0.3) is 0 Å². The molecule has 0 saturated heterocycles. The Morgan fingerprint density at radius 2 is 2.31 bits per heavy atom. The lowest BCUT2D eigenvalue weighted by molar-refractivity contribution is 0.584. The van der Waals surface area contributed by atoms with Crippen LogP contribution in [0, 0.1) is 5.92 Å². The molecule has 4 N–H and O–H groups in total. The second-order valence-corrected chi connectivity index (χ2v) is 3.80. The highest BCUT2D eigenvalue weighted by Gasteiger charge is 2.24. The summed E-state index contributed by atoms with van der Waals surface area (Å²) >= 11 is 0. The molecule has 1 heterocycles. The molecule has 2 rings (SSSR count). The first-order valence-corrected chi connectivity index (χ1v) is 4.72. The van der Waals surface area contributed by atoms with Crippen molar-refractivity contribution in [2.75, 3.05) is 5.73 Å². The van der Waals surface area contributed by atoms with Crippen LogP contribution in [0.3, 0.4) is 0 Å². The Bertz CT molecular complexity index is 294. The third-order valence-corrected chi connectivity index (χ3v) is 2.47. The molecule has 0 radical (unpaired) electrons. The summed E-state index contributed by atoms with van der Waals surface area (Å²) in [6.45, 7) is 0. The number of pyridine rings is 1. The van der Waals surface area contributed by atoms with Crippen LogP contribution in [0.1, 0.15) is 31.0 Å². The summed E-state index contributed by atoms with van der Waals surface area (Å²) in [4.78, 5) is 4.22. The third kappa shape index (κ3) is 2.18. The maximum Gasteiger partial charge on any atom is 0.0591 e. The van der Waals surface area contributed by atoms with Crippen LogP contribution < -0.4 is 11.5 Å². The minimum absolute atomic E-state index is 0.0657. The van der Waals surface area contributed by atoms with E-state index >= 15 is 0 Å². The summed E-state index contributed by atoms with van der Waals surface area (Å²) in [5, 5.41) is 0. The van der Waals surface area contributed by atoms with Gasteiger partial charge in [-0.3, -0.25) is 4.98 Å². The lowest BCUT2D eigenvalue weighted by Crippen LogP contribution is -2.12. The summed E-state index contributed by atoms with van der Waals surface area (Å²) in [5.41, 5.74) is 13.3. The topological polar surface area (TPSA) is 64.9 Å². The predicted molar refractivity (Wildman–Crippen MR) is 52.9 cm³/mol. The SMILES string of the molecule is Nc1ccnc(C(N)CC2CC2)c1. The Morgan fingerprint density at radius 3 is 2.92 bits per heavy atom. The molecule has 1 aromatic rings. The number of nitrogens with zero attached hydrogens (tertiary/aromatic N) is 1. The molecule has 0 amide bonds. The van der Waals surface area contributed by atoms with E-state index in [1.54, 1.807) is 12.3 Å². The molecule has 1 saturated carbocycles. The van der Waals surface area contributed by atoms with Gasteiger partial charge < -0.3 is 11.5 Å². The zero-order chi connectivity index (χ0) is 9.26. The number of hydrogen-bond donors (Lipinski definition) is 2. The Morgan fingerprint density at radius 1 is 1.54 bits per heavy atom. The molecule has 0 bridgehead atoms. The van der Waals surface area contributed by atoms with Crippen molar-refractivity contribution in [2.24, 2.45) is 11.7 Å². The molecule has 0 aromatic carbocycles. The van der Waals surface area contributed by atoms with E-state index in [0.717, 1.165) is 23.7 Å². The summed E-state index contributed by atoms with van der Waals surface area (Å²) < 4.78 is 0. The Labute approximate surface area is 78.1 Å². The van der Waals surface area contributed by atoms with Crippen LogP contribution in [-0.2, 0) is 0 Å². The molecule has 1 aliphatic carbocycles. The van der Waals surface area contributed by atoms with Crippen molar-refractivity contribution in [3.05, 3.63) is 24.0 Å². The Kier molecular flexibility index (Phi) is 2.19. The highest BCUT2D eigenvalue weighted by atomic mass is 14.8. The number of hydrogen-bond acceptors (Lipinski definition) is 3. The second-order valence-electron chi connectivity index (χ2n) is 3.80. The van der Waals surface area contributed by atoms with Gasteiger partial charge in [0.05, 0.1) is 5.69 Å². The number of nitrogens with two attached hydrogens (primary N) is 2. The first-order valence-electron chi connectivity index (χ1n) is 4.72. The molecular weight excluding hydrogens is 162 g/mol. The zero-order valence-corrected chi connectivity index (χ0v) is 7.61. The monoisotopic (exact) mass is 177 g/mol. The average Bonchev–Trinajstić information content (AvgIpc) is 2.88. The fourth-order valence-electron chi connectivity index (χ4n) is 1.50. The van der Waals surface area contributed by atoms with E-state index < -0.39 is 0 Å². The highest BCUT2D eigenvalue weighted by molar-refractivity contribution is 5.37. The van der Waals surface area contributed by atoms with Gasteiger partial charge in [0, 0.05) is 17.9 Å². The van der Waals surface area contributed by atoms with Crippen molar-refractivity contribution < 1.29 is 0 Å². The zero-order valence-electron chi connectivity index (χ0n) is 7.61. The van der Waals surface area contributed by atoms with Gasteiger partial charge in [0.2, 0.25) is 0 Å². The van der Waals surface area contributed by atoms with Gasteiger partial charge in [-0.05, 0) is 24.5 Å². The van der Waals surface area contributed by atoms with Crippen molar-refractivity contribution >= 4 is 5.69 Å². The van der Waals surface area contributed by atoms with E-state index in [0.29, 0.717) is 0 Å². The molecule has 0 aliphatic heterocycles. The van der Waals surface area contributed by atoms with Crippen LogP contribution in [0.2, 0.25) is 0 Å². The van der Waals surface area contributed by atoms with E-state index in [1.807, 2.05) is 6.07 Å². The van der Waals surface area contributed by atoms with Crippen molar-refractivity contribution in [3.8, 4) is 0 Å². The Balaban J connectivity index is 2.04. The quantitative estimate of drug-likeness (QED) is 0.734. The van der Waals surface area contributed by atoms with Crippen LogP contribution in [0.4, 0.5) is 5.69 Å². The Hall–Kier alpha value is -1.09. The molecule has 1 aromatic heterocycles. The van der Waals surface area contributed by atoms with Crippen molar-refractivity contribution in [3.63, 3.8) is 0 Å². The van der Waals surface area contributed by atoms with Gasteiger partial charge in [0.15, 0.2) is 0 Å². The number of rotatable bonds is 3. The summed E-state index contributed by atoms with van der Waals surface area (Å²) in [7, 11) is 0. The van der Waals surface area contributed by atoms with Crippen molar-refractivity contribution in [1.29, 1.82) is 0 Å². The minimum Gasteiger partial charge on any atom is -0.399 e. The highest BCUT2D eigenvalue weighted by Crippen LogP contribution is 2.36. The smallest absolute Gasteiger partial charge is 0.0591 e. The van der Waals surface area contributed by atoms with Gasteiger partial charge in [0.1, 0.15) is 0 Å². The van der Waals surface area contributed by atoms with Crippen LogP contribution in [0.25, 0.3) is 0 Å². The third-order valence-electron chi connectivity index (χ3n) is 2.47. The maximum atomic E-state index is 5.99. The van der Waals surface area contributed by atoms with Crippen molar-refractivity contribution in [2.45, 2.75) is 25.3 Å². The average molecular weight is 177 g/mol. The molecule has 1 aliphatic rings. The normalized spacial score (nSPS) is 18.5. The molecule has 1 atom stereocenters. The molecule has 1 unspecified atom stereocenters. The standard InChI is InChI=1S/C10H15N3/c11-8-3-4-13-10(6-8)9(12)5-7-1-2-7/h3-4,6-7,9H,1-2,5,12H2,(H2,11,13). The van der Waals surface area contributed by atoms with Crippen LogP contribution in [-0.4, -0.2) is 4.98 Å². The molecular formula is C10H15N3. The summed E-state index contributed by atoms with van der Waals surface area (Å²) in [6.07, 6.45) is 5.43. The fraction of sp³-hybridized carbons (Fsp3) is 0.500. The van der Waals surface area contributed by atoms with Gasteiger partial charge in [-0.25, -0.2) is 0 Å². The van der Waals surface area contributed by atoms with Crippen LogP contribution in [0.15, 0.2) is 18.3 Å². The molecule has 13 heavy (non-hydrogen) atoms.